The molecule has 1 aromatic carbocycles. The summed E-state index contributed by atoms with van der Waals surface area (Å²) in [5.41, 5.74) is 1.33. The second kappa shape index (κ2) is 7.92. The molecule has 0 saturated carbocycles. The van der Waals surface area contributed by atoms with Crippen molar-refractivity contribution in [2.24, 2.45) is 0 Å². The fourth-order valence-electron chi connectivity index (χ4n) is 2.73. The molecular weight excluding hydrogens is 276 g/mol. The van der Waals surface area contributed by atoms with E-state index < -0.39 is 0 Å². The van der Waals surface area contributed by atoms with Crippen molar-refractivity contribution < 1.29 is 4.79 Å². The number of benzene rings is 1. The molecule has 5 heteroatoms. The standard InChI is InChI=1S/C17H24N4O/c1-3-8-20-9-11-21(12-10-20)14(2)17(22)19-16-6-4-15(13-18)5-7-16/h4-7,14H,3,8-12H2,1-2H3,(H,19,22). The second-order valence-corrected chi connectivity index (χ2v) is 5.73. The number of nitrogens with one attached hydrogen (secondary N) is 1. The average Bonchev–Trinajstić information content (AvgIpc) is 2.56. The lowest BCUT2D eigenvalue weighted by atomic mass is 10.2. The van der Waals surface area contributed by atoms with Crippen molar-refractivity contribution in [1.29, 1.82) is 5.26 Å². The highest BCUT2D eigenvalue weighted by atomic mass is 16.2. The van der Waals surface area contributed by atoms with Crippen molar-refractivity contribution >= 4 is 11.6 Å². The maximum Gasteiger partial charge on any atom is 0.241 e. The van der Waals surface area contributed by atoms with Crippen molar-refractivity contribution in [2.45, 2.75) is 26.3 Å². The van der Waals surface area contributed by atoms with Gasteiger partial charge in [-0.1, -0.05) is 6.92 Å². The number of carbonyl (C=O) groups excluding carboxylic acids is 1. The molecule has 22 heavy (non-hydrogen) atoms. The van der Waals surface area contributed by atoms with Crippen LogP contribution in [-0.2, 0) is 4.79 Å². The summed E-state index contributed by atoms with van der Waals surface area (Å²) < 4.78 is 0. The van der Waals surface area contributed by atoms with Gasteiger partial charge in [0.2, 0.25) is 5.91 Å². The van der Waals surface area contributed by atoms with Crippen LogP contribution in [-0.4, -0.2) is 54.5 Å². The lowest BCUT2D eigenvalue weighted by Crippen LogP contribution is -2.52. The second-order valence-electron chi connectivity index (χ2n) is 5.73. The molecule has 1 N–H and O–H groups in total. The van der Waals surface area contributed by atoms with Crippen LogP contribution in [0.4, 0.5) is 5.69 Å². The Balaban J connectivity index is 1.85. The number of nitriles is 1. The Kier molecular flexibility index (Phi) is 5.93. The number of amides is 1. The van der Waals surface area contributed by atoms with E-state index in [1.165, 1.54) is 6.42 Å². The smallest absolute Gasteiger partial charge is 0.241 e. The van der Waals surface area contributed by atoms with Gasteiger partial charge in [-0.15, -0.1) is 0 Å². The van der Waals surface area contributed by atoms with Gasteiger partial charge in [-0.05, 0) is 44.2 Å². The third kappa shape index (κ3) is 4.30. The molecule has 1 amide bonds. The molecule has 0 aromatic heterocycles. The number of rotatable bonds is 5. The third-order valence-corrected chi connectivity index (χ3v) is 4.16. The van der Waals surface area contributed by atoms with Gasteiger partial charge in [0.05, 0.1) is 17.7 Å². The van der Waals surface area contributed by atoms with E-state index in [1.54, 1.807) is 24.3 Å². The fraction of sp³-hybridized carbons (Fsp3) is 0.529. The summed E-state index contributed by atoms with van der Waals surface area (Å²) in [6.45, 7) is 9.21. The van der Waals surface area contributed by atoms with Crippen molar-refractivity contribution in [2.75, 3.05) is 38.0 Å². The first-order valence-corrected chi connectivity index (χ1v) is 7.91. The molecule has 1 aromatic rings. The van der Waals surface area contributed by atoms with Crippen LogP contribution in [0.3, 0.4) is 0 Å². The number of nitrogens with zero attached hydrogens (tertiary/aromatic N) is 3. The number of carbonyl (C=O) groups is 1. The molecule has 118 valence electrons. The van der Waals surface area contributed by atoms with Crippen LogP contribution in [0.1, 0.15) is 25.8 Å². The van der Waals surface area contributed by atoms with E-state index in [0.717, 1.165) is 38.4 Å². The summed E-state index contributed by atoms with van der Waals surface area (Å²) >= 11 is 0. The normalized spacial score (nSPS) is 17.7. The van der Waals surface area contributed by atoms with E-state index in [0.29, 0.717) is 5.56 Å². The molecule has 0 aliphatic carbocycles. The van der Waals surface area contributed by atoms with E-state index in [-0.39, 0.29) is 11.9 Å². The molecular formula is C17H24N4O. The van der Waals surface area contributed by atoms with E-state index in [4.69, 9.17) is 5.26 Å². The number of hydrogen-bond acceptors (Lipinski definition) is 4. The molecule has 0 bridgehead atoms. The van der Waals surface area contributed by atoms with Gasteiger partial charge in [-0.25, -0.2) is 0 Å². The largest absolute Gasteiger partial charge is 0.325 e. The van der Waals surface area contributed by atoms with Gasteiger partial charge in [0.15, 0.2) is 0 Å². The van der Waals surface area contributed by atoms with Crippen LogP contribution in [0.2, 0.25) is 0 Å². The molecule has 1 unspecified atom stereocenters. The van der Waals surface area contributed by atoms with Crippen LogP contribution in [0, 0.1) is 11.3 Å². The fourth-order valence-corrected chi connectivity index (χ4v) is 2.73. The highest BCUT2D eigenvalue weighted by Gasteiger charge is 2.25. The molecule has 1 heterocycles. The third-order valence-electron chi connectivity index (χ3n) is 4.16. The molecule has 1 saturated heterocycles. The van der Waals surface area contributed by atoms with E-state index >= 15 is 0 Å². The van der Waals surface area contributed by atoms with Gasteiger partial charge in [-0.2, -0.15) is 5.26 Å². The molecule has 0 spiro atoms. The minimum absolute atomic E-state index is 0.00801. The Bertz CT molecular complexity index is 527. The quantitative estimate of drug-likeness (QED) is 0.902. The Morgan fingerprint density at radius 3 is 2.45 bits per heavy atom. The Labute approximate surface area is 132 Å². The molecule has 1 aliphatic rings. The lowest BCUT2D eigenvalue weighted by molar-refractivity contribution is -0.121. The Morgan fingerprint density at radius 1 is 1.27 bits per heavy atom. The summed E-state index contributed by atoms with van der Waals surface area (Å²) in [5, 5.41) is 11.7. The highest BCUT2D eigenvalue weighted by Crippen LogP contribution is 2.12. The monoisotopic (exact) mass is 300 g/mol. The van der Waals surface area contributed by atoms with Gasteiger partial charge in [-0.3, -0.25) is 9.69 Å². The van der Waals surface area contributed by atoms with Crippen LogP contribution >= 0.6 is 0 Å². The first-order chi connectivity index (χ1) is 10.6. The average molecular weight is 300 g/mol. The molecule has 1 atom stereocenters. The molecule has 0 radical (unpaired) electrons. The van der Waals surface area contributed by atoms with E-state index in [1.807, 2.05) is 6.92 Å². The number of hydrogen-bond donors (Lipinski definition) is 1. The highest BCUT2D eigenvalue weighted by molar-refractivity contribution is 5.94. The van der Waals surface area contributed by atoms with Crippen molar-refractivity contribution in [3.8, 4) is 6.07 Å². The minimum atomic E-state index is -0.139. The minimum Gasteiger partial charge on any atom is -0.325 e. The summed E-state index contributed by atoms with van der Waals surface area (Å²) in [5.74, 6) is 0.00801. The Morgan fingerprint density at radius 2 is 1.91 bits per heavy atom. The van der Waals surface area contributed by atoms with Gasteiger partial charge < -0.3 is 10.2 Å². The zero-order chi connectivity index (χ0) is 15.9. The molecule has 1 fully saturated rings. The van der Waals surface area contributed by atoms with Crippen molar-refractivity contribution in [1.82, 2.24) is 9.80 Å². The zero-order valence-corrected chi connectivity index (χ0v) is 13.4. The van der Waals surface area contributed by atoms with Gasteiger partial charge in [0.25, 0.3) is 0 Å². The predicted molar refractivity (Wildman–Crippen MR) is 87.6 cm³/mol. The molecule has 1 aliphatic heterocycles. The van der Waals surface area contributed by atoms with Crippen LogP contribution < -0.4 is 5.32 Å². The van der Waals surface area contributed by atoms with Gasteiger partial charge in [0, 0.05) is 31.9 Å². The SMILES string of the molecule is CCCN1CCN(C(C)C(=O)Nc2ccc(C#N)cc2)CC1. The lowest BCUT2D eigenvalue weighted by Gasteiger charge is -2.37. The first-order valence-electron chi connectivity index (χ1n) is 7.91. The van der Waals surface area contributed by atoms with Gasteiger partial charge >= 0.3 is 0 Å². The van der Waals surface area contributed by atoms with E-state index in [2.05, 4.69) is 28.1 Å². The maximum atomic E-state index is 12.3. The number of piperazine rings is 1. The van der Waals surface area contributed by atoms with Crippen LogP contribution in [0.25, 0.3) is 0 Å². The topological polar surface area (TPSA) is 59.4 Å². The summed E-state index contributed by atoms with van der Waals surface area (Å²) in [7, 11) is 0. The molecule has 2 rings (SSSR count). The summed E-state index contributed by atoms with van der Waals surface area (Å²) in [4.78, 5) is 17.0. The van der Waals surface area contributed by atoms with Crippen LogP contribution in [0.5, 0.6) is 0 Å². The molecule has 5 nitrogen and oxygen atoms in total. The number of anilines is 1. The summed E-state index contributed by atoms with van der Waals surface area (Å²) in [6.07, 6.45) is 1.18. The van der Waals surface area contributed by atoms with Crippen molar-refractivity contribution in [3.05, 3.63) is 29.8 Å². The summed E-state index contributed by atoms with van der Waals surface area (Å²) in [6, 6.07) is 8.89. The van der Waals surface area contributed by atoms with Crippen molar-refractivity contribution in [3.63, 3.8) is 0 Å². The van der Waals surface area contributed by atoms with Gasteiger partial charge in [0.1, 0.15) is 0 Å². The van der Waals surface area contributed by atoms with Crippen LogP contribution in [0.15, 0.2) is 24.3 Å². The Hall–Kier alpha value is -1.90. The maximum absolute atomic E-state index is 12.3. The van der Waals surface area contributed by atoms with E-state index in [9.17, 15) is 4.79 Å². The zero-order valence-electron chi connectivity index (χ0n) is 13.4. The predicted octanol–water partition coefficient (Wildman–Crippen LogP) is 1.91. The first kappa shape index (κ1) is 16.5.